The van der Waals surface area contributed by atoms with Crippen LogP contribution in [0.2, 0.25) is 0 Å². The third-order valence-electron chi connectivity index (χ3n) is 2.50. The molecule has 8 heteroatoms. The summed E-state index contributed by atoms with van der Waals surface area (Å²) in [4.78, 5) is 12.0. The number of nitrogens with one attached hydrogen (secondary N) is 1. The summed E-state index contributed by atoms with van der Waals surface area (Å²) in [6.07, 6.45) is 2.28. The number of carbonyl (C=O) groups is 1. The van der Waals surface area contributed by atoms with Crippen LogP contribution < -0.4 is 11.1 Å². The van der Waals surface area contributed by atoms with Crippen LogP contribution in [-0.2, 0) is 13.5 Å². The monoisotopic (exact) mass is 280 g/mol. The van der Waals surface area contributed by atoms with E-state index in [1.54, 1.807) is 7.05 Å². The zero-order chi connectivity index (χ0) is 14.0. The van der Waals surface area contributed by atoms with Gasteiger partial charge in [-0.3, -0.25) is 14.8 Å². The molecule has 2 heterocycles. The predicted octanol–water partition coefficient (Wildman–Crippen LogP) is 1.30. The molecule has 102 valence electrons. The Bertz CT molecular complexity index is 588. The first-order chi connectivity index (χ1) is 8.97. The average Bonchev–Trinajstić information content (AvgIpc) is 2.87. The zero-order valence-electron chi connectivity index (χ0n) is 11.0. The molecule has 0 aromatic carbocycles. The Morgan fingerprint density at radius 2 is 2.26 bits per heavy atom. The smallest absolute Gasteiger partial charge is 0.262 e. The van der Waals surface area contributed by atoms with Gasteiger partial charge in [0, 0.05) is 13.5 Å². The third-order valence-corrected chi connectivity index (χ3v) is 3.36. The van der Waals surface area contributed by atoms with Gasteiger partial charge in [-0.1, -0.05) is 25.2 Å². The highest BCUT2D eigenvalue weighted by Crippen LogP contribution is 2.19. The topological polar surface area (TPSA) is 98.7 Å². The zero-order valence-corrected chi connectivity index (χ0v) is 11.9. The molecular formula is C11H16N6OS. The lowest BCUT2D eigenvalue weighted by molar-refractivity contribution is 0.102. The molecule has 1 amide bonds. The second kappa shape index (κ2) is 5.35. The second-order valence-electron chi connectivity index (χ2n) is 4.62. The lowest BCUT2D eigenvalue weighted by Crippen LogP contribution is -2.13. The highest BCUT2D eigenvalue weighted by molar-refractivity contribution is 7.15. The highest BCUT2D eigenvalue weighted by Gasteiger charge is 2.16. The van der Waals surface area contributed by atoms with E-state index in [2.05, 4.69) is 34.5 Å². The van der Waals surface area contributed by atoms with E-state index in [0.29, 0.717) is 22.4 Å². The van der Waals surface area contributed by atoms with E-state index in [-0.39, 0.29) is 5.91 Å². The van der Waals surface area contributed by atoms with Gasteiger partial charge in [-0.25, -0.2) is 0 Å². The SMILES string of the molecule is CC(C)Cc1nnc(NC(=O)c2cnn(C)c2N)s1. The van der Waals surface area contributed by atoms with Gasteiger partial charge in [-0.2, -0.15) is 5.10 Å². The first-order valence-corrected chi connectivity index (χ1v) is 6.70. The van der Waals surface area contributed by atoms with Crippen molar-refractivity contribution in [1.82, 2.24) is 20.0 Å². The maximum atomic E-state index is 12.0. The van der Waals surface area contributed by atoms with Crippen molar-refractivity contribution in [2.45, 2.75) is 20.3 Å². The van der Waals surface area contributed by atoms with Crippen LogP contribution in [0.5, 0.6) is 0 Å². The van der Waals surface area contributed by atoms with Crippen LogP contribution in [0.3, 0.4) is 0 Å². The number of aryl methyl sites for hydroxylation is 1. The first-order valence-electron chi connectivity index (χ1n) is 5.88. The van der Waals surface area contributed by atoms with Gasteiger partial charge in [-0.15, -0.1) is 10.2 Å². The van der Waals surface area contributed by atoms with Gasteiger partial charge in [0.15, 0.2) is 0 Å². The van der Waals surface area contributed by atoms with Crippen LogP contribution in [0, 0.1) is 5.92 Å². The van der Waals surface area contributed by atoms with Gasteiger partial charge in [0.25, 0.3) is 5.91 Å². The number of nitrogen functional groups attached to an aromatic ring is 1. The summed E-state index contributed by atoms with van der Waals surface area (Å²) in [5.41, 5.74) is 6.07. The second-order valence-corrected chi connectivity index (χ2v) is 5.68. The van der Waals surface area contributed by atoms with Crippen molar-refractivity contribution in [3.63, 3.8) is 0 Å². The molecule has 2 aromatic heterocycles. The number of rotatable bonds is 4. The summed E-state index contributed by atoms with van der Waals surface area (Å²) in [6, 6.07) is 0. The summed E-state index contributed by atoms with van der Waals surface area (Å²) in [6.45, 7) is 4.21. The number of aromatic nitrogens is 4. The lowest BCUT2D eigenvalue weighted by Gasteiger charge is -2.00. The van der Waals surface area contributed by atoms with Gasteiger partial charge in [-0.05, 0) is 5.92 Å². The summed E-state index contributed by atoms with van der Waals surface area (Å²) >= 11 is 1.37. The largest absolute Gasteiger partial charge is 0.383 e. The Hall–Kier alpha value is -1.96. The van der Waals surface area contributed by atoms with Crippen molar-refractivity contribution in [3.05, 3.63) is 16.8 Å². The Kier molecular flexibility index (Phi) is 3.79. The van der Waals surface area contributed by atoms with Crippen LogP contribution in [0.25, 0.3) is 0 Å². The van der Waals surface area contributed by atoms with E-state index < -0.39 is 0 Å². The molecule has 2 rings (SSSR count). The molecule has 0 aliphatic carbocycles. The summed E-state index contributed by atoms with van der Waals surface area (Å²) < 4.78 is 1.44. The van der Waals surface area contributed by atoms with Gasteiger partial charge in [0.1, 0.15) is 16.4 Å². The predicted molar refractivity (Wildman–Crippen MR) is 74.0 cm³/mol. The maximum absolute atomic E-state index is 12.0. The number of carbonyl (C=O) groups excluding carboxylic acids is 1. The van der Waals surface area contributed by atoms with Crippen molar-refractivity contribution >= 4 is 28.2 Å². The van der Waals surface area contributed by atoms with Gasteiger partial charge in [0.2, 0.25) is 5.13 Å². The van der Waals surface area contributed by atoms with Crippen LogP contribution in [0.4, 0.5) is 10.9 Å². The number of hydrogen-bond acceptors (Lipinski definition) is 6. The van der Waals surface area contributed by atoms with E-state index >= 15 is 0 Å². The van der Waals surface area contributed by atoms with E-state index in [0.717, 1.165) is 11.4 Å². The van der Waals surface area contributed by atoms with Crippen molar-refractivity contribution < 1.29 is 4.79 Å². The Morgan fingerprint density at radius 1 is 1.53 bits per heavy atom. The molecule has 19 heavy (non-hydrogen) atoms. The summed E-state index contributed by atoms with van der Waals surface area (Å²) in [5.74, 6) is 0.507. The maximum Gasteiger partial charge on any atom is 0.262 e. The highest BCUT2D eigenvalue weighted by atomic mass is 32.1. The Balaban J connectivity index is 2.07. The minimum Gasteiger partial charge on any atom is -0.383 e. The fourth-order valence-corrected chi connectivity index (χ4v) is 2.47. The molecule has 0 spiro atoms. The molecule has 0 saturated heterocycles. The molecule has 0 unspecified atom stereocenters. The molecule has 3 N–H and O–H groups in total. The van der Waals surface area contributed by atoms with E-state index in [4.69, 9.17) is 5.73 Å². The molecule has 0 radical (unpaired) electrons. The van der Waals surface area contributed by atoms with E-state index in [9.17, 15) is 4.79 Å². The van der Waals surface area contributed by atoms with E-state index in [1.165, 1.54) is 22.2 Å². The number of amides is 1. The van der Waals surface area contributed by atoms with Crippen molar-refractivity contribution in [1.29, 1.82) is 0 Å². The Labute approximate surface area is 114 Å². The molecule has 0 atom stereocenters. The average molecular weight is 280 g/mol. The molecule has 0 bridgehead atoms. The van der Waals surface area contributed by atoms with Crippen LogP contribution in [0.15, 0.2) is 6.20 Å². The molecule has 7 nitrogen and oxygen atoms in total. The summed E-state index contributed by atoms with van der Waals surface area (Å²) in [7, 11) is 1.68. The van der Waals surface area contributed by atoms with Crippen molar-refractivity contribution in [2.24, 2.45) is 13.0 Å². The first kappa shape index (κ1) is 13.5. The van der Waals surface area contributed by atoms with Crippen LogP contribution in [-0.4, -0.2) is 25.9 Å². The van der Waals surface area contributed by atoms with Crippen molar-refractivity contribution in [3.8, 4) is 0 Å². The third kappa shape index (κ3) is 3.08. The van der Waals surface area contributed by atoms with Crippen LogP contribution in [0.1, 0.15) is 29.2 Å². The van der Waals surface area contributed by atoms with E-state index in [1.807, 2.05) is 0 Å². The Morgan fingerprint density at radius 3 is 2.84 bits per heavy atom. The molecule has 0 aliphatic rings. The standard InChI is InChI=1S/C11H16N6OS/c1-6(2)4-8-15-16-11(19-8)14-10(18)7-5-13-17(3)9(7)12/h5-6H,4,12H2,1-3H3,(H,14,16,18). The lowest BCUT2D eigenvalue weighted by atomic mass is 10.1. The summed E-state index contributed by atoms with van der Waals surface area (Å²) in [5, 5.41) is 16.0. The number of nitrogens with zero attached hydrogens (tertiary/aromatic N) is 4. The quantitative estimate of drug-likeness (QED) is 0.879. The minimum atomic E-state index is -0.321. The molecular weight excluding hydrogens is 264 g/mol. The van der Waals surface area contributed by atoms with Crippen LogP contribution >= 0.6 is 11.3 Å². The molecule has 0 aliphatic heterocycles. The van der Waals surface area contributed by atoms with Gasteiger partial charge in [0.05, 0.1) is 6.20 Å². The molecule has 0 saturated carbocycles. The van der Waals surface area contributed by atoms with Gasteiger partial charge >= 0.3 is 0 Å². The number of anilines is 2. The number of hydrogen-bond donors (Lipinski definition) is 2. The fourth-order valence-electron chi connectivity index (χ4n) is 1.52. The molecule has 2 aromatic rings. The normalized spacial score (nSPS) is 10.9. The van der Waals surface area contributed by atoms with Gasteiger partial charge < -0.3 is 5.73 Å². The molecule has 0 fully saturated rings. The number of nitrogens with two attached hydrogens (primary N) is 1. The fraction of sp³-hybridized carbons (Fsp3) is 0.455. The van der Waals surface area contributed by atoms with Crippen molar-refractivity contribution in [2.75, 3.05) is 11.1 Å². The minimum absolute atomic E-state index is 0.321.